The number of carbonyl (C=O) groups excluding carboxylic acids is 1. The van der Waals surface area contributed by atoms with Crippen LogP contribution in [0.5, 0.6) is 0 Å². The van der Waals surface area contributed by atoms with Gasteiger partial charge in [-0.2, -0.15) is 0 Å². The van der Waals surface area contributed by atoms with Crippen LogP contribution < -0.4 is 10.0 Å². The second kappa shape index (κ2) is 7.11. The Labute approximate surface area is 154 Å². The summed E-state index contributed by atoms with van der Waals surface area (Å²) in [4.78, 5) is 12.4. The molecule has 0 radical (unpaired) electrons. The molecule has 0 spiro atoms. The van der Waals surface area contributed by atoms with Gasteiger partial charge in [-0.1, -0.05) is 13.0 Å². The number of hydrogen-bond donors (Lipinski definition) is 2. The van der Waals surface area contributed by atoms with Gasteiger partial charge in [0.2, 0.25) is 10.0 Å². The molecule has 0 aliphatic heterocycles. The van der Waals surface area contributed by atoms with Crippen LogP contribution in [0.15, 0.2) is 42.5 Å². The Kier molecular flexibility index (Phi) is 5.05. The fourth-order valence-corrected chi connectivity index (χ4v) is 3.79. The lowest BCUT2D eigenvalue weighted by Crippen LogP contribution is -2.22. The van der Waals surface area contributed by atoms with Gasteiger partial charge in [0.25, 0.3) is 5.91 Å². The Balaban J connectivity index is 1.68. The van der Waals surface area contributed by atoms with Crippen molar-refractivity contribution >= 4 is 27.3 Å². The first kappa shape index (κ1) is 18.5. The third kappa shape index (κ3) is 4.07. The van der Waals surface area contributed by atoms with Crippen LogP contribution in [0.3, 0.4) is 0 Å². The summed E-state index contributed by atoms with van der Waals surface area (Å²) in [6, 6.07) is 12.5. The largest absolute Gasteiger partial charge is 0.322 e. The summed E-state index contributed by atoms with van der Waals surface area (Å²) in [5, 5.41) is 2.39. The van der Waals surface area contributed by atoms with Crippen molar-refractivity contribution in [3.8, 4) is 0 Å². The van der Waals surface area contributed by atoms with Crippen LogP contribution in [-0.2, 0) is 22.9 Å². The first-order chi connectivity index (χ1) is 12.2. The van der Waals surface area contributed by atoms with Gasteiger partial charge in [-0.05, 0) is 80.1 Å². The van der Waals surface area contributed by atoms with Gasteiger partial charge in [-0.3, -0.25) is 9.52 Å². The third-order valence-corrected chi connectivity index (χ3v) is 6.39. The Morgan fingerprint density at radius 2 is 1.62 bits per heavy atom. The Bertz CT molecular complexity index is 919. The molecule has 0 bridgehead atoms. The number of fused-ring (bicyclic) bond motifs is 1. The number of rotatable bonds is 5. The van der Waals surface area contributed by atoms with Crippen molar-refractivity contribution in [1.29, 1.82) is 0 Å². The molecule has 2 aromatic rings. The normalized spacial score (nSPS) is 16.4. The molecule has 1 aliphatic rings. The SMILES string of the molecule is CC1Cc2ccc(NC(=O)c3ccc(NS(=O)(=O)C(C)C)cc3)cc2C1. The van der Waals surface area contributed by atoms with E-state index in [1.807, 2.05) is 12.1 Å². The number of nitrogens with one attached hydrogen (secondary N) is 2. The van der Waals surface area contributed by atoms with Crippen LogP contribution in [0.1, 0.15) is 42.3 Å². The van der Waals surface area contributed by atoms with Crippen molar-refractivity contribution in [3.63, 3.8) is 0 Å². The van der Waals surface area contributed by atoms with Gasteiger partial charge < -0.3 is 5.32 Å². The van der Waals surface area contributed by atoms with Crippen molar-refractivity contribution < 1.29 is 13.2 Å². The first-order valence-electron chi connectivity index (χ1n) is 8.79. The van der Waals surface area contributed by atoms with Gasteiger partial charge in [0.05, 0.1) is 5.25 Å². The smallest absolute Gasteiger partial charge is 0.255 e. The van der Waals surface area contributed by atoms with Gasteiger partial charge >= 0.3 is 0 Å². The van der Waals surface area contributed by atoms with Crippen LogP contribution in [-0.4, -0.2) is 19.6 Å². The second-order valence-electron chi connectivity index (χ2n) is 7.22. The van der Waals surface area contributed by atoms with Crippen molar-refractivity contribution in [2.75, 3.05) is 10.0 Å². The van der Waals surface area contributed by atoms with E-state index in [1.165, 1.54) is 11.1 Å². The molecule has 0 saturated carbocycles. The maximum atomic E-state index is 12.4. The van der Waals surface area contributed by atoms with E-state index in [0.29, 0.717) is 17.2 Å². The predicted molar refractivity (Wildman–Crippen MR) is 105 cm³/mol. The zero-order valence-electron chi connectivity index (χ0n) is 15.2. The van der Waals surface area contributed by atoms with Crippen molar-refractivity contribution in [1.82, 2.24) is 0 Å². The van der Waals surface area contributed by atoms with Gasteiger partial charge in [0.1, 0.15) is 0 Å². The summed E-state index contributed by atoms with van der Waals surface area (Å²) in [5.74, 6) is 0.437. The van der Waals surface area contributed by atoms with Gasteiger partial charge in [0.15, 0.2) is 0 Å². The van der Waals surface area contributed by atoms with Crippen LogP contribution in [0.4, 0.5) is 11.4 Å². The van der Waals surface area contributed by atoms with E-state index in [-0.39, 0.29) is 5.91 Å². The fraction of sp³-hybridized carbons (Fsp3) is 0.350. The van der Waals surface area contributed by atoms with Crippen LogP contribution in [0, 0.1) is 5.92 Å². The molecule has 0 fully saturated rings. The quantitative estimate of drug-likeness (QED) is 0.838. The monoisotopic (exact) mass is 372 g/mol. The number of anilines is 2. The molecule has 0 aromatic heterocycles. The maximum Gasteiger partial charge on any atom is 0.255 e. The molecule has 2 aromatic carbocycles. The van der Waals surface area contributed by atoms with Gasteiger partial charge in [-0.25, -0.2) is 8.42 Å². The third-order valence-electron chi connectivity index (χ3n) is 4.63. The van der Waals surface area contributed by atoms with E-state index in [0.717, 1.165) is 18.5 Å². The molecule has 3 rings (SSSR count). The van der Waals surface area contributed by atoms with Crippen molar-refractivity contribution in [2.24, 2.45) is 5.92 Å². The minimum Gasteiger partial charge on any atom is -0.322 e. The van der Waals surface area contributed by atoms with Crippen molar-refractivity contribution in [3.05, 3.63) is 59.2 Å². The minimum absolute atomic E-state index is 0.214. The summed E-state index contributed by atoms with van der Waals surface area (Å²) in [5.41, 5.74) is 4.37. The molecule has 5 nitrogen and oxygen atoms in total. The van der Waals surface area contributed by atoms with Gasteiger partial charge in [-0.15, -0.1) is 0 Å². The molecule has 1 atom stereocenters. The van der Waals surface area contributed by atoms with Crippen molar-refractivity contribution in [2.45, 2.75) is 38.9 Å². The topological polar surface area (TPSA) is 75.3 Å². The van der Waals surface area contributed by atoms with E-state index in [1.54, 1.807) is 38.1 Å². The number of carbonyl (C=O) groups is 1. The van der Waals surface area contributed by atoms with E-state index >= 15 is 0 Å². The highest BCUT2D eigenvalue weighted by atomic mass is 32.2. The highest BCUT2D eigenvalue weighted by Crippen LogP contribution is 2.28. The standard InChI is InChI=1S/C20H24N2O3S/c1-13(2)26(24,25)22-18-7-4-15(5-8-18)20(23)21-19-9-6-16-10-14(3)11-17(16)12-19/h4-9,12-14,22H,10-11H2,1-3H3,(H,21,23). The molecule has 0 saturated heterocycles. The Hall–Kier alpha value is -2.34. The Morgan fingerprint density at radius 3 is 2.27 bits per heavy atom. The van der Waals surface area contributed by atoms with E-state index in [4.69, 9.17) is 0 Å². The lowest BCUT2D eigenvalue weighted by atomic mass is 10.1. The Morgan fingerprint density at radius 1 is 1.00 bits per heavy atom. The number of hydrogen-bond acceptors (Lipinski definition) is 3. The molecule has 1 unspecified atom stereocenters. The van der Waals surface area contributed by atoms with Crippen LogP contribution in [0.2, 0.25) is 0 Å². The zero-order chi connectivity index (χ0) is 18.9. The molecule has 138 valence electrons. The maximum absolute atomic E-state index is 12.4. The van der Waals surface area contributed by atoms with E-state index in [9.17, 15) is 13.2 Å². The summed E-state index contributed by atoms with van der Waals surface area (Å²) >= 11 is 0. The lowest BCUT2D eigenvalue weighted by Gasteiger charge is -2.11. The van der Waals surface area contributed by atoms with E-state index in [2.05, 4.69) is 23.0 Å². The zero-order valence-corrected chi connectivity index (χ0v) is 16.1. The molecule has 0 heterocycles. The van der Waals surface area contributed by atoms with Crippen LogP contribution >= 0.6 is 0 Å². The van der Waals surface area contributed by atoms with Gasteiger partial charge in [0, 0.05) is 16.9 Å². The number of amides is 1. The summed E-state index contributed by atoms with van der Waals surface area (Å²) in [6.45, 7) is 5.45. The van der Waals surface area contributed by atoms with E-state index < -0.39 is 15.3 Å². The molecule has 6 heteroatoms. The molecular weight excluding hydrogens is 348 g/mol. The predicted octanol–water partition coefficient (Wildman–Crippen LogP) is 3.82. The molecule has 26 heavy (non-hydrogen) atoms. The first-order valence-corrected chi connectivity index (χ1v) is 10.3. The summed E-state index contributed by atoms with van der Waals surface area (Å²) in [7, 11) is -3.39. The molecule has 1 aliphatic carbocycles. The summed E-state index contributed by atoms with van der Waals surface area (Å²) < 4.78 is 26.3. The second-order valence-corrected chi connectivity index (χ2v) is 9.46. The molecular formula is C20H24N2O3S. The fourth-order valence-electron chi connectivity index (χ4n) is 3.09. The minimum atomic E-state index is -3.39. The number of sulfonamides is 1. The lowest BCUT2D eigenvalue weighted by molar-refractivity contribution is 0.102. The average molecular weight is 372 g/mol. The molecule has 2 N–H and O–H groups in total. The van der Waals surface area contributed by atoms with Crippen LogP contribution in [0.25, 0.3) is 0 Å². The highest BCUT2D eigenvalue weighted by molar-refractivity contribution is 7.93. The summed E-state index contributed by atoms with van der Waals surface area (Å²) in [6.07, 6.45) is 2.14. The number of benzene rings is 2. The average Bonchev–Trinajstić information content (AvgIpc) is 2.94. The molecule has 1 amide bonds. The highest BCUT2D eigenvalue weighted by Gasteiger charge is 2.18.